The van der Waals surface area contributed by atoms with Crippen molar-refractivity contribution in [2.75, 3.05) is 7.05 Å². The van der Waals surface area contributed by atoms with Crippen molar-refractivity contribution in [1.29, 1.82) is 0 Å². The van der Waals surface area contributed by atoms with E-state index in [2.05, 4.69) is 4.98 Å². The first kappa shape index (κ1) is 14.9. The van der Waals surface area contributed by atoms with Gasteiger partial charge in [0.25, 0.3) is 0 Å². The van der Waals surface area contributed by atoms with Crippen molar-refractivity contribution < 1.29 is 13.2 Å². The fourth-order valence-corrected chi connectivity index (χ4v) is 1.92. The summed E-state index contributed by atoms with van der Waals surface area (Å²) in [6, 6.07) is 0.843. The van der Waals surface area contributed by atoms with Gasteiger partial charge in [-0.1, -0.05) is 6.92 Å². The van der Waals surface area contributed by atoms with Crippen molar-refractivity contribution in [3.05, 3.63) is 30.1 Å². The van der Waals surface area contributed by atoms with Crippen LogP contribution >= 0.6 is 0 Å². The van der Waals surface area contributed by atoms with Crippen LogP contribution < -0.4 is 5.73 Å². The summed E-state index contributed by atoms with van der Waals surface area (Å²) < 4.78 is 38.9. The van der Waals surface area contributed by atoms with E-state index in [0.717, 1.165) is 5.56 Å². The normalized spacial score (nSPS) is 15.7. The number of pyridine rings is 1. The van der Waals surface area contributed by atoms with Crippen molar-refractivity contribution >= 4 is 0 Å². The van der Waals surface area contributed by atoms with Crippen molar-refractivity contribution in [1.82, 2.24) is 9.88 Å². The fraction of sp³-hybridized carbons (Fsp3) is 0.583. The third kappa shape index (κ3) is 3.96. The lowest BCUT2D eigenvalue weighted by molar-refractivity contribution is -0.187. The molecule has 0 amide bonds. The van der Waals surface area contributed by atoms with Crippen LogP contribution in [0.15, 0.2) is 24.5 Å². The number of hydrogen-bond donors (Lipinski definition) is 1. The zero-order chi connectivity index (χ0) is 13.8. The number of alkyl halides is 3. The third-order valence-corrected chi connectivity index (χ3v) is 2.87. The van der Waals surface area contributed by atoms with Gasteiger partial charge in [-0.2, -0.15) is 13.2 Å². The Kier molecular flexibility index (Phi) is 5.10. The molecule has 1 aromatic heterocycles. The topological polar surface area (TPSA) is 42.1 Å². The monoisotopic (exact) mass is 261 g/mol. The maximum atomic E-state index is 13.0. The highest BCUT2D eigenvalue weighted by Crippen LogP contribution is 2.27. The van der Waals surface area contributed by atoms with E-state index in [1.54, 1.807) is 31.5 Å². The van der Waals surface area contributed by atoms with Gasteiger partial charge in [-0.25, -0.2) is 0 Å². The lowest BCUT2D eigenvalue weighted by Gasteiger charge is -2.33. The van der Waals surface area contributed by atoms with Crippen LogP contribution in [0.25, 0.3) is 0 Å². The molecule has 2 N–H and O–H groups in total. The van der Waals surface area contributed by atoms with Gasteiger partial charge >= 0.3 is 6.18 Å². The molecule has 0 aliphatic heterocycles. The highest BCUT2D eigenvalue weighted by atomic mass is 19.4. The second-order valence-electron chi connectivity index (χ2n) is 4.33. The molecule has 18 heavy (non-hydrogen) atoms. The number of nitrogens with zero attached hydrogens (tertiary/aromatic N) is 2. The van der Waals surface area contributed by atoms with Crippen molar-refractivity contribution in [3.8, 4) is 0 Å². The minimum absolute atomic E-state index is 0.195. The Bertz CT molecular complexity index is 353. The van der Waals surface area contributed by atoms with E-state index in [4.69, 9.17) is 5.73 Å². The van der Waals surface area contributed by atoms with Crippen LogP contribution in [0.5, 0.6) is 0 Å². The molecular formula is C12H18F3N3. The summed E-state index contributed by atoms with van der Waals surface area (Å²) in [6.07, 6.45) is -0.918. The summed E-state index contributed by atoms with van der Waals surface area (Å²) in [5.41, 5.74) is 6.37. The van der Waals surface area contributed by atoms with E-state index in [1.807, 2.05) is 0 Å². The number of hydrogen-bond acceptors (Lipinski definition) is 3. The minimum Gasteiger partial charge on any atom is -0.326 e. The summed E-state index contributed by atoms with van der Waals surface area (Å²) in [4.78, 5) is 5.07. The summed E-state index contributed by atoms with van der Waals surface area (Å²) in [5.74, 6) is 0. The molecule has 3 nitrogen and oxygen atoms in total. The fourth-order valence-electron chi connectivity index (χ4n) is 1.92. The number of aromatic nitrogens is 1. The molecule has 0 aliphatic rings. The molecular weight excluding hydrogens is 243 g/mol. The second-order valence-corrected chi connectivity index (χ2v) is 4.33. The van der Waals surface area contributed by atoms with E-state index in [-0.39, 0.29) is 13.0 Å². The van der Waals surface area contributed by atoms with Gasteiger partial charge in [0.1, 0.15) is 6.04 Å². The molecule has 6 heteroatoms. The highest BCUT2D eigenvalue weighted by molar-refractivity contribution is 5.09. The largest absolute Gasteiger partial charge is 0.405 e. The van der Waals surface area contributed by atoms with Crippen LogP contribution in [0.4, 0.5) is 13.2 Å². The molecule has 0 fully saturated rings. The number of rotatable bonds is 5. The highest BCUT2D eigenvalue weighted by Gasteiger charge is 2.45. The molecule has 1 aromatic rings. The maximum Gasteiger partial charge on any atom is 0.405 e. The van der Waals surface area contributed by atoms with Crippen LogP contribution in [0.3, 0.4) is 0 Å². The quantitative estimate of drug-likeness (QED) is 0.883. The van der Waals surface area contributed by atoms with Crippen LogP contribution in [0.1, 0.15) is 18.9 Å². The van der Waals surface area contributed by atoms with E-state index in [1.165, 1.54) is 11.9 Å². The van der Waals surface area contributed by atoms with E-state index < -0.39 is 18.3 Å². The van der Waals surface area contributed by atoms with E-state index in [9.17, 15) is 13.2 Å². The Balaban J connectivity index is 2.80. The zero-order valence-corrected chi connectivity index (χ0v) is 10.5. The number of halogens is 3. The van der Waals surface area contributed by atoms with Crippen molar-refractivity contribution in [2.24, 2.45) is 5.73 Å². The predicted octanol–water partition coefficient (Wildman–Crippen LogP) is 2.18. The average molecular weight is 261 g/mol. The summed E-state index contributed by atoms with van der Waals surface area (Å²) in [7, 11) is 1.44. The molecule has 2 atom stereocenters. The molecule has 2 unspecified atom stereocenters. The second kappa shape index (κ2) is 6.15. The van der Waals surface area contributed by atoms with Gasteiger partial charge in [-0.3, -0.25) is 9.88 Å². The molecule has 0 aromatic carbocycles. The van der Waals surface area contributed by atoms with Crippen LogP contribution in [0.2, 0.25) is 0 Å². The Morgan fingerprint density at radius 2 is 1.89 bits per heavy atom. The maximum absolute atomic E-state index is 13.0. The first-order valence-electron chi connectivity index (χ1n) is 5.77. The first-order valence-corrected chi connectivity index (χ1v) is 5.77. The van der Waals surface area contributed by atoms with E-state index >= 15 is 0 Å². The summed E-state index contributed by atoms with van der Waals surface area (Å²) in [5, 5.41) is 0. The van der Waals surface area contributed by atoms with Gasteiger partial charge in [0.05, 0.1) is 0 Å². The van der Waals surface area contributed by atoms with Crippen LogP contribution in [0, 0.1) is 0 Å². The third-order valence-electron chi connectivity index (χ3n) is 2.87. The molecule has 0 saturated heterocycles. The smallest absolute Gasteiger partial charge is 0.326 e. The standard InChI is InChI=1S/C12H18F3N3/c1-3-10(16)11(12(13,14)15)18(2)8-9-4-6-17-7-5-9/h4-7,10-11H,3,8,16H2,1-2H3. The Labute approximate surface area is 105 Å². The molecule has 0 bridgehead atoms. The molecule has 1 rings (SSSR count). The average Bonchev–Trinajstić information content (AvgIpc) is 2.28. The molecule has 0 saturated carbocycles. The molecule has 0 aliphatic carbocycles. The molecule has 102 valence electrons. The van der Waals surface area contributed by atoms with Crippen molar-refractivity contribution in [2.45, 2.75) is 38.1 Å². The van der Waals surface area contributed by atoms with Gasteiger partial charge in [-0.15, -0.1) is 0 Å². The Morgan fingerprint density at radius 3 is 2.33 bits per heavy atom. The molecule has 0 spiro atoms. The minimum atomic E-state index is -4.32. The SMILES string of the molecule is CCC(N)C(N(C)Cc1ccncc1)C(F)(F)F. The number of likely N-dealkylation sites (N-methyl/N-ethyl adjacent to an activating group) is 1. The van der Waals surface area contributed by atoms with Gasteiger partial charge in [0.15, 0.2) is 0 Å². The Hall–Kier alpha value is -1.14. The van der Waals surface area contributed by atoms with Gasteiger partial charge < -0.3 is 5.73 Å². The predicted molar refractivity (Wildman–Crippen MR) is 63.8 cm³/mol. The molecule has 0 radical (unpaired) electrons. The lowest BCUT2D eigenvalue weighted by atomic mass is 10.0. The van der Waals surface area contributed by atoms with Gasteiger partial charge in [0.2, 0.25) is 0 Å². The van der Waals surface area contributed by atoms with E-state index in [0.29, 0.717) is 0 Å². The van der Waals surface area contributed by atoms with Gasteiger partial charge in [-0.05, 0) is 31.2 Å². The van der Waals surface area contributed by atoms with Crippen molar-refractivity contribution in [3.63, 3.8) is 0 Å². The Morgan fingerprint density at radius 1 is 1.33 bits per heavy atom. The summed E-state index contributed by atoms with van der Waals surface area (Å²) in [6.45, 7) is 1.85. The zero-order valence-electron chi connectivity index (χ0n) is 10.5. The van der Waals surface area contributed by atoms with Crippen LogP contribution in [-0.2, 0) is 6.54 Å². The lowest BCUT2D eigenvalue weighted by Crippen LogP contribution is -2.54. The number of nitrogens with two attached hydrogens (primary N) is 1. The van der Waals surface area contributed by atoms with Gasteiger partial charge in [0, 0.05) is 25.0 Å². The first-order chi connectivity index (χ1) is 8.36. The van der Waals surface area contributed by atoms with Crippen LogP contribution in [-0.4, -0.2) is 35.2 Å². The molecule has 1 heterocycles. The summed E-state index contributed by atoms with van der Waals surface area (Å²) >= 11 is 0.